The van der Waals surface area contributed by atoms with Gasteiger partial charge in [-0.3, -0.25) is 0 Å². The molecule has 0 unspecified atom stereocenters. The van der Waals surface area contributed by atoms with Gasteiger partial charge < -0.3 is 15.6 Å². The van der Waals surface area contributed by atoms with Crippen molar-refractivity contribution >= 4 is 17.0 Å². The van der Waals surface area contributed by atoms with E-state index in [9.17, 15) is 0 Å². The molecule has 0 fully saturated rings. The lowest BCUT2D eigenvalue weighted by atomic mass is 10.1. The maximum absolute atomic E-state index is 5.82. The number of nitrogens with zero attached hydrogens (tertiary/aromatic N) is 4. The van der Waals surface area contributed by atoms with Gasteiger partial charge in [0.15, 0.2) is 11.5 Å². The molecule has 21 heavy (non-hydrogen) atoms. The summed E-state index contributed by atoms with van der Waals surface area (Å²) in [6, 6.07) is 8.22. The van der Waals surface area contributed by atoms with Crippen molar-refractivity contribution in [3.05, 3.63) is 48.0 Å². The first-order chi connectivity index (χ1) is 10.3. The van der Waals surface area contributed by atoms with Crippen LogP contribution in [0.4, 0.5) is 5.82 Å². The fourth-order valence-electron chi connectivity index (χ4n) is 2.45. The Bertz CT molecular complexity index is 736. The second kappa shape index (κ2) is 5.88. The van der Waals surface area contributed by atoms with Crippen LogP contribution in [0.15, 0.2) is 36.9 Å². The van der Waals surface area contributed by atoms with Crippen LogP contribution in [0.3, 0.4) is 0 Å². The third kappa shape index (κ3) is 2.57. The molecular formula is C15H18N6. The summed E-state index contributed by atoms with van der Waals surface area (Å²) in [6.07, 6.45) is 3.19. The molecule has 0 bridgehead atoms. The molecule has 0 amide bonds. The number of fused-ring (bicyclic) bond motifs is 1. The Morgan fingerprint density at radius 3 is 2.71 bits per heavy atom. The number of benzene rings is 1. The smallest absolute Gasteiger partial charge is 0.182 e. The second-order valence-electron chi connectivity index (χ2n) is 4.79. The lowest BCUT2D eigenvalue weighted by molar-refractivity contribution is 0.804. The third-order valence-electron chi connectivity index (χ3n) is 3.58. The van der Waals surface area contributed by atoms with Crippen molar-refractivity contribution in [1.29, 1.82) is 0 Å². The summed E-state index contributed by atoms with van der Waals surface area (Å²) in [5.74, 6) is 0.867. The summed E-state index contributed by atoms with van der Waals surface area (Å²) < 4.78 is 0. The van der Waals surface area contributed by atoms with Crippen molar-refractivity contribution in [1.82, 2.24) is 19.9 Å². The number of rotatable bonds is 5. The molecule has 108 valence electrons. The SMILES string of the molecule is CCN(Cc1ccccc1CN)c1ncnc2nc[nH]c12. The summed E-state index contributed by atoms with van der Waals surface area (Å²) in [4.78, 5) is 18.1. The number of hydrogen-bond donors (Lipinski definition) is 2. The molecule has 0 aliphatic carbocycles. The standard InChI is InChI=1S/C15H18N6/c1-2-21(8-12-6-4-3-5-11(12)7-16)15-13-14(18-9-17-13)19-10-20-15/h3-6,9-10H,2,7-8,16H2,1H3,(H,17,18,19,20). The van der Waals surface area contributed by atoms with Gasteiger partial charge in [0.1, 0.15) is 11.8 Å². The predicted octanol–water partition coefficient (Wildman–Crippen LogP) is 1.84. The van der Waals surface area contributed by atoms with Gasteiger partial charge >= 0.3 is 0 Å². The zero-order valence-electron chi connectivity index (χ0n) is 12.0. The highest BCUT2D eigenvalue weighted by Gasteiger charge is 2.14. The van der Waals surface area contributed by atoms with E-state index < -0.39 is 0 Å². The molecule has 6 nitrogen and oxygen atoms in total. The van der Waals surface area contributed by atoms with E-state index in [1.165, 1.54) is 5.56 Å². The predicted molar refractivity (Wildman–Crippen MR) is 82.7 cm³/mol. The molecule has 0 aliphatic rings. The Hall–Kier alpha value is -2.47. The fourth-order valence-corrected chi connectivity index (χ4v) is 2.45. The van der Waals surface area contributed by atoms with Gasteiger partial charge in [0.2, 0.25) is 0 Å². The molecule has 0 aliphatic heterocycles. The minimum atomic E-state index is 0.539. The van der Waals surface area contributed by atoms with Crippen LogP contribution >= 0.6 is 0 Å². The molecule has 1 aromatic carbocycles. The topological polar surface area (TPSA) is 83.7 Å². The van der Waals surface area contributed by atoms with Crippen LogP contribution in [-0.4, -0.2) is 26.5 Å². The van der Waals surface area contributed by atoms with Crippen LogP contribution in [0.2, 0.25) is 0 Å². The van der Waals surface area contributed by atoms with E-state index in [0.717, 1.165) is 30.0 Å². The van der Waals surface area contributed by atoms with Gasteiger partial charge in [0.25, 0.3) is 0 Å². The molecule has 3 aromatic rings. The van der Waals surface area contributed by atoms with Crippen molar-refractivity contribution in [3.8, 4) is 0 Å². The van der Waals surface area contributed by atoms with E-state index in [2.05, 4.69) is 43.9 Å². The van der Waals surface area contributed by atoms with E-state index in [1.807, 2.05) is 12.1 Å². The molecule has 0 radical (unpaired) electrons. The molecule has 3 rings (SSSR count). The molecule has 6 heteroatoms. The van der Waals surface area contributed by atoms with Gasteiger partial charge in [-0.25, -0.2) is 15.0 Å². The molecule has 2 heterocycles. The molecule has 0 saturated carbocycles. The summed E-state index contributed by atoms with van der Waals surface area (Å²) in [5, 5.41) is 0. The maximum Gasteiger partial charge on any atom is 0.182 e. The number of hydrogen-bond acceptors (Lipinski definition) is 5. The van der Waals surface area contributed by atoms with Crippen LogP contribution in [-0.2, 0) is 13.1 Å². The number of nitrogens with one attached hydrogen (secondary N) is 1. The van der Waals surface area contributed by atoms with Crippen LogP contribution in [0, 0.1) is 0 Å². The van der Waals surface area contributed by atoms with E-state index in [0.29, 0.717) is 12.2 Å². The van der Waals surface area contributed by atoms with Gasteiger partial charge in [-0.1, -0.05) is 24.3 Å². The van der Waals surface area contributed by atoms with Gasteiger partial charge in [-0.15, -0.1) is 0 Å². The molecule has 2 aromatic heterocycles. The van der Waals surface area contributed by atoms with Gasteiger partial charge in [0.05, 0.1) is 6.33 Å². The fraction of sp³-hybridized carbons (Fsp3) is 0.267. The summed E-state index contributed by atoms with van der Waals surface area (Å²) in [7, 11) is 0. The maximum atomic E-state index is 5.82. The minimum absolute atomic E-state index is 0.539. The van der Waals surface area contributed by atoms with E-state index >= 15 is 0 Å². The van der Waals surface area contributed by atoms with Crippen LogP contribution in [0.1, 0.15) is 18.1 Å². The first-order valence-electron chi connectivity index (χ1n) is 6.99. The second-order valence-corrected chi connectivity index (χ2v) is 4.79. The van der Waals surface area contributed by atoms with Crippen LogP contribution in [0.25, 0.3) is 11.2 Å². The molecule has 0 saturated heterocycles. The molecule has 0 spiro atoms. The van der Waals surface area contributed by atoms with Crippen LogP contribution < -0.4 is 10.6 Å². The summed E-state index contributed by atoms with van der Waals surface area (Å²) >= 11 is 0. The summed E-state index contributed by atoms with van der Waals surface area (Å²) in [5.41, 5.74) is 9.75. The van der Waals surface area contributed by atoms with E-state index in [4.69, 9.17) is 5.73 Å². The Kier molecular flexibility index (Phi) is 3.79. The minimum Gasteiger partial charge on any atom is -0.351 e. The number of anilines is 1. The first kappa shape index (κ1) is 13.5. The highest BCUT2D eigenvalue weighted by Crippen LogP contribution is 2.22. The number of aromatic amines is 1. The van der Waals surface area contributed by atoms with Gasteiger partial charge in [-0.2, -0.15) is 0 Å². The lowest BCUT2D eigenvalue weighted by Crippen LogP contribution is -2.24. The van der Waals surface area contributed by atoms with Gasteiger partial charge in [-0.05, 0) is 18.1 Å². The quantitative estimate of drug-likeness (QED) is 0.746. The first-order valence-corrected chi connectivity index (χ1v) is 6.99. The van der Waals surface area contributed by atoms with Crippen molar-refractivity contribution in [2.45, 2.75) is 20.0 Å². The number of imidazole rings is 1. The average Bonchev–Trinajstić information content (AvgIpc) is 3.01. The highest BCUT2D eigenvalue weighted by molar-refractivity contribution is 5.82. The summed E-state index contributed by atoms with van der Waals surface area (Å²) in [6.45, 7) is 4.24. The van der Waals surface area contributed by atoms with Crippen molar-refractivity contribution in [2.75, 3.05) is 11.4 Å². The molecular weight excluding hydrogens is 264 g/mol. The van der Waals surface area contributed by atoms with E-state index in [1.54, 1.807) is 12.7 Å². The van der Waals surface area contributed by atoms with Crippen molar-refractivity contribution in [3.63, 3.8) is 0 Å². The third-order valence-corrected chi connectivity index (χ3v) is 3.58. The Morgan fingerprint density at radius 2 is 1.95 bits per heavy atom. The number of nitrogens with two attached hydrogens (primary N) is 1. The monoisotopic (exact) mass is 282 g/mol. The number of H-pyrrole nitrogens is 1. The Labute approximate surface area is 123 Å². The van der Waals surface area contributed by atoms with Crippen molar-refractivity contribution < 1.29 is 0 Å². The molecule has 0 atom stereocenters. The number of aromatic nitrogens is 4. The largest absolute Gasteiger partial charge is 0.351 e. The van der Waals surface area contributed by atoms with Gasteiger partial charge in [0, 0.05) is 19.6 Å². The lowest BCUT2D eigenvalue weighted by Gasteiger charge is -2.23. The van der Waals surface area contributed by atoms with E-state index in [-0.39, 0.29) is 0 Å². The zero-order chi connectivity index (χ0) is 14.7. The van der Waals surface area contributed by atoms with Crippen molar-refractivity contribution in [2.24, 2.45) is 5.73 Å². The highest BCUT2D eigenvalue weighted by atomic mass is 15.2. The van der Waals surface area contributed by atoms with Crippen LogP contribution in [0.5, 0.6) is 0 Å². The normalized spacial score (nSPS) is 11.0. The zero-order valence-corrected chi connectivity index (χ0v) is 12.0. The Balaban J connectivity index is 1.97. The Morgan fingerprint density at radius 1 is 1.14 bits per heavy atom. The molecule has 3 N–H and O–H groups in total. The average molecular weight is 282 g/mol.